The molecule has 2 amide bonds. The van der Waals surface area contributed by atoms with E-state index < -0.39 is 6.09 Å². The number of nitrogens with one attached hydrogen (secondary N) is 3. The molecule has 31 heavy (non-hydrogen) atoms. The first kappa shape index (κ1) is 20.8. The van der Waals surface area contributed by atoms with Crippen LogP contribution in [0.15, 0.2) is 76.5 Å². The lowest BCUT2D eigenvalue weighted by atomic mass is 10.2. The molecule has 0 fully saturated rings. The maximum Gasteiger partial charge on any atom is 0.413 e. The molecule has 0 unspecified atom stereocenters. The van der Waals surface area contributed by atoms with Crippen LogP contribution in [0, 0.1) is 0 Å². The number of amides is 2. The lowest BCUT2D eigenvalue weighted by Gasteiger charge is -2.08. The van der Waals surface area contributed by atoms with Crippen molar-refractivity contribution in [3.63, 3.8) is 0 Å². The third-order valence-electron chi connectivity index (χ3n) is 4.33. The van der Waals surface area contributed by atoms with Crippen LogP contribution in [0.3, 0.4) is 0 Å². The van der Waals surface area contributed by atoms with Crippen molar-refractivity contribution < 1.29 is 14.3 Å². The van der Waals surface area contributed by atoms with Gasteiger partial charge in [0.05, 0.1) is 28.7 Å². The summed E-state index contributed by atoms with van der Waals surface area (Å²) in [5, 5.41) is 5.77. The smallest absolute Gasteiger partial charge is 0.413 e. The number of nitrogens with zero attached hydrogens (tertiary/aromatic N) is 1. The summed E-state index contributed by atoms with van der Waals surface area (Å²) in [5.74, 6) is 0.0645. The largest absolute Gasteiger partial charge is 0.453 e. The summed E-state index contributed by atoms with van der Waals surface area (Å²) in [4.78, 5) is 33.0. The average molecular weight is 453 g/mol. The number of rotatable bonds is 5. The van der Waals surface area contributed by atoms with Crippen molar-refractivity contribution >= 4 is 58.0 Å². The Morgan fingerprint density at radius 1 is 1.00 bits per heavy atom. The van der Waals surface area contributed by atoms with Crippen molar-refractivity contribution in [2.75, 3.05) is 17.7 Å². The number of aromatic nitrogens is 2. The standard InChI is InChI=1S/C22H17ClN4O3S/c1-30-22(29)27-21-25-18-11-10-15(12-19(18)26-21)31-14-8-6-13(7-9-14)24-20(28)16-4-2-3-5-17(16)23/h2-12H,1H3,(H,24,28)(H2,25,26,27,29). The molecule has 0 saturated carbocycles. The van der Waals surface area contributed by atoms with E-state index in [-0.39, 0.29) is 5.91 Å². The van der Waals surface area contributed by atoms with Crippen LogP contribution < -0.4 is 10.6 Å². The Kier molecular flexibility index (Phi) is 6.11. The van der Waals surface area contributed by atoms with Gasteiger partial charge in [0.2, 0.25) is 5.95 Å². The van der Waals surface area contributed by atoms with Crippen LogP contribution in [0.4, 0.5) is 16.4 Å². The predicted octanol–water partition coefficient (Wildman–Crippen LogP) is 5.80. The molecule has 0 saturated heterocycles. The number of methoxy groups -OCH3 is 1. The van der Waals surface area contributed by atoms with Gasteiger partial charge in [-0.2, -0.15) is 0 Å². The first-order valence-corrected chi connectivity index (χ1v) is 10.4. The highest BCUT2D eigenvalue weighted by atomic mass is 35.5. The topological polar surface area (TPSA) is 96.1 Å². The highest BCUT2D eigenvalue weighted by Gasteiger charge is 2.10. The van der Waals surface area contributed by atoms with Crippen LogP contribution >= 0.6 is 23.4 Å². The first-order chi connectivity index (χ1) is 15.0. The molecule has 0 aliphatic carbocycles. The fourth-order valence-electron chi connectivity index (χ4n) is 2.85. The number of carbonyl (C=O) groups is 2. The molecule has 9 heteroatoms. The number of carbonyl (C=O) groups excluding carboxylic acids is 2. The van der Waals surface area contributed by atoms with Gasteiger partial charge in [-0.3, -0.25) is 10.1 Å². The second-order valence-electron chi connectivity index (χ2n) is 6.44. The van der Waals surface area contributed by atoms with Crippen LogP contribution in [0.25, 0.3) is 11.0 Å². The van der Waals surface area contributed by atoms with Crippen LogP contribution in [-0.4, -0.2) is 29.1 Å². The lowest BCUT2D eigenvalue weighted by Crippen LogP contribution is -2.12. The van der Waals surface area contributed by atoms with Gasteiger partial charge in [-0.05, 0) is 54.6 Å². The molecule has 0 aliphatic rings. The van der Waals surface area contributed by atoms with E-state index in [1.807, 2.05) is 42.5 Å². The maximum absolute atomic E-state index is 12.4. The fraction of sp³-hybridized carbons (Fsp3) is 0.0455. The van der Waals surface area contributed by atoms with Crippen molar-refractivity contribution in [1.82, 2.24) is 9.97 Å². The fourth-order valence-corrected chi connectivity index (χ4v) is 3.92. The molecule has 3 aromatic carbocycles. The van der Waals surface area contributed by atoms with Gasteiger partial charge in [0.1, 0.15) is 0 Å². The van der Waals surface area contributed by atoms with Crippen molar-refractivity contribution in [2.45, 2.75) is 9.79 Å². The Hall–Kier alpha value is -3.49. The van der Waals surface area contributed by atoms with Crippen LogP contribution in [0.2, 0.25) is 5.02 Å². The molecule has 0 bridgehead atoms. The van der Waals surface area contributed by atoms with E-state index in [0.29, 0.717) is 22.2 Å². The van der Waals surface area contributed by atoms with Gasteiger partial charge in [-0.1, -0.05) is 35.5 Å². The number of hydrogen-bond donors (Lipinski definition) is 3. The monoisotopic (exact) mass is 452 g/mol. The van der Waals surface area contributed by atoms with E-state index in [4.69, 9.17) is 11.6 Å². The van der Waals surface area contributed by atoms with Crippen molar-refractivity contribution in [3.05, 3.63) is 77.3 Å². The van der Waals surface area contributed by atoms with E-state index in [9.17, 15) is 9.59 Å². The normalized spacial score (nSPS) is 10.6. The zero-order chi connectivity index (χ0) is 21.8. The molecule has 4 rings (SSSR count). The summed E-state index contributed by atoms with van der Waals surface area (Å²) < 4.78 is 4.57. The average Bonchev–Trinajstić information content (AvgIpc) is 3.16. The Labute approximate surface area is 187 Å². The Morgan fingerprint density at radius 3 is 2.48 bits per heavy atom. The number of imidazole rings is 1. The van der Waals surface area contributed by atoms with Gasteiger partial charge in [-0.15, -0.1) is 0 Å². The van der Waals surface area contributed by atoms with Crippen LogP contribution in [-0.2, 0) is 4.74 Å². The number of ether oxygens (including phenoxy) is 1. The first-order valence-electron chi connectivity index (χ1n) is 9.20. The second kappa shape index (κ2) is 9.11. The van der Waals surface area contributed by atoms with Gasteiger partial charge >= 0.3 is 6.09 Å². The van der Waals surface area contributed by atoms with E-state index in [2.05, 4.69) is 25.3 Å². The molecule has 0 radical (unpaired) electrons. The van der Waals surface area contributed by atoms with E-state index >= 15 is 0 Å². The van der Waals surface area contributed by atoms with Crippen molar-refractivity contribution in [2.24, 2.45) is 0 Å². The third-order valence-corrected chi connectivity index (χ3v) is 5.65. The summed E-state index contributed by atoms with van der Waals surface area (Å²) in [5.41, 5.74) is 2.63. The number of aromatic amines is 1. The molecule has 4 aromatic rings. The zero-order valence-corrected chi connectivity index (χ0v) is 17.9. The van der Waals surface area contributed by atoms with E-state index in [0.717, 1.165) is 20.8 Å². The molecule has 1 heterocycles. The van der Waals surface area contributed by atoms with Gasteiger partial charge in [0, 0.05) is 15.5 Å². The van der Waals surface area contributed by atoms with Crippen LogP contribution in [0.1, 0.15) is 10.4 Å². The number of H-pyrrole nitrogens is 1. The highest BCUT2D eigenvalue weighted by Crippen LogP contribution is 2.31. The van der Waals surface area contributed by atoms with E-state index in [1.54, 1.807) is 36.0 Å². The summed E-state index contributed by atoms with van der Waals surface area (Å²) >= 11 is 7.64. The van der Waals surface area contributed by atoms with Crippen LogP contribution in [0.5, 0.6) is 0 Å². The van der Waals surface area contributed by atoms with Crippen molar-refractivity contribution in [3.8, 4) is 0 Å². The molecule has 156 valence electrons. The third kappa shape index (κ3) is 4.99. The number of fused-ring (bicyclic) bond motifs is 1. The van der Waals surface area contributed by atoms with Gasteiger partial charge in [0.15, 0.2) is 0 Å². The Bertz CT molecular complexity index is 1260. The zero-order valence-electron chi connectivity index (χ0n) is 16.3. The molecule has 7 nitrogen and oxygen atoms in total. The number of benzene rings is 3. The Balaban J connectivity index is 1.43. The molecule has 0 aliphatic heterocycles. The molecular formula is C22H17ClN4O3S. The van der Waals surface area contributed by atoms with Gasteiger partial charge in [0.25, 0.3) is 5.91 Å². The minimum Gasteiger partial charge on any atom is -0.453 e. The summed E-state index contributed by atoms with van der Waals surface area (Å²) in [6.45, 7) is 0. The highest BCUT2D eigenvalue weighted by molar-refractivity contribution is 7.99. The quantitative estimate of drug-likeness (QED) is 0.355. The summed E-state index contributed by atoms with van der Waals surface area (Å²) in [6, 6.07) is 20.2. The van der Waals surface area contributed by atoms with Gasteiger partial charge in [-0.25, -0.2) is 9.78 Å². The minimum absolute atomic E-state index is 0.257. The SMILES string of the molecule is COC(=O)Nc1nc2ccc(Sc3ccc(NC(=O)c4ccccc4Cl)cc3)cc2[nH]1. The molecule has 1 aromatic heterocycles. The minimum atomic E-state index is -0.588. The molecular weight excluding hydrogens is 436 g/mol. The Morgan fingerprint density at radius 2 is 1.74 bits per heavy atom. The molecule has 0 atom stereocenters. The predicted molar refractivity (Wildman–Crippen MR) is 122 cm³/mol. The number of halogens is 1. The second-order valence-corrected chi connectivity index (χ2v) is 8.00. The molecule has 0 spiro atoms. The van der Waals surface area contributed by atoms with Gasteiger partial charge < -0.3 is 15.0 Å². The lowest BCUT2D eigenvalue weighted by molar-refractivity contribution is 0.102. The van der Waals surface area contributed by atoms with Crippen molar-refractivity contribution in [1.29, 1.82) is 0 Å². The molecule has 3 N–H and O–H groups in total. The van der Waals surface area contributed by atoms with E-state index in [1.165, 1.54) is 7.11 Å². The summed E-state index contributed by atoms with van der Waals surface area (Å²) in [7, 11) is 1.29. The maximum atomic E-state index is 12.4. The number of anilines is 2. The number of hydrogen-bond acceptors (Lipinski definition) is 5. The summed E-state index contributed by atoms with van der Waals surface area (Å²) in [6.07, 6.45) is -0.588.